The number of rotatable bonds is 7. The second-order valence-corrected chi connectivity index (χ2v) is 8.74. The molecule has 0 saturated heterocycles. The number of aliphatic hydroxyl groups is 1. The van der Waals surface area contributed by atoms with Crippen LogP contribution in [0.1, 0.15) is 54.4 Å². The van der Waals surface area contributed by atoms with Crippen LogP contribution in [0.2, 0.25) is 0 Å². The topological polar surface area (TPSA) is 89.9 Å². The predicted molar refractivity (Wildman–Crippen MR) is 97.2 cm³/mol. The Morgan fingerprint density at radius 1 is 0.885 bits per heavy atom. The molecule has 2 aliphatic carbocycles. The highest BCUT2D eigenvalue weighted by atomic mass is 16.5. The molecule has 4 atom stereocenters. The lowest BCUT2D eigenvalue weighted by Gasteiger charge is -2.02. The Kier molecular flexibility index (Phi) is 7.40. The summed E-state index contributed by atoms with van der Waals surface area (Å²) in [5.74, 6) is 1.09. The Morgan fingerprint density at radius 2 is 1.38 bits per heavy atom. The van der Waals surface area contributed by atoms with Crippen molar-refractivity contribution in [3.05, 3.63) is 0 Å². The third-order valence-corrected chi connectivity index (χ3v) is 6.36. The van der Waals surface area contributed by atoms with Crippen LogP contribution in [0.15, 0.2) is 0 Å². The lowest BCUT2D eigenvalue weighted by molar-refractivity contribution is -0.141. The average molecular weight is 370 g/mol. The minimum Gasteiger partial charge on any atom is -0.469 e. The monoisotopic (exact) mass is 370 g/mol. The third kappa shape index (κ3) is 5.53. The standard InChI is InChI=1S/C11H18O4.C9H16O2/c1-7(12)15-6-9-8(11(9,2)3)5-10(13)14-4;1-6(11)4-7-8(5-10)9(7,2)3/h8-9H,5-6H2,1-4H3;7-8,10H,4-5H2,1-3H3/t8-,9?;7-,8?/m11/s1. The van der Waals surface area contributed by atoms with E-state index in [9.17, 15) is 14.4 Å². The summed E-state index contributed by atoms with van der Waals surface area (Å²) in [5.41, 5.74) is 0.268. The Bertz CT molecular complexity index is 536. The number of hydrogen-bond donors (Lipinski definition) is 1. The molecule has 0 aromatic rings. The van der Waals surface area contributed by atoms with Crippen molar-refractivity contribution < 1.29 is 29.0 Å². The van der Waals surface area contributed by atoms with E-state index in [2.05, 4.69) is 32.4 Å². The molecule has 26 heavy (non-hydrogen) atoms. The molecular formula is C20H34O6. The Hall–Kier alpha value is -1.43. The van der Waals surface area contributed by atoms with E-state index >= 15 is 0 Å². The van der Waals surface area contributed by atoms with Gasteiger partial charge in [-0.2, -0.15) is 0 Å². The van der Waals surface area contributed by atoms with Gasteiger partial charge in [0.1, 0.15) is 5.78 Å². The first-order chi connectivity index (χ1) is 11.9. The number of ether oxygens (including phenoxy) is 2. The first-order valence-electron chi connectivity index (χ1n) is 9.20. The lowest BCUT2D eigenvalue weighted by Crippen LogP contribution is -2.06. The number of carbonyl (C=O) groups excluding carboxylic acids is 3. The molecule has 0 radical (unpaired) electrons. The highest BCUT2D eigenvalue weighted by Gasteiger charge is 2.58. The molecule has 0 spiro atoms. The number of methoxy groups -OCH3 is 1. The number of hydrogen-bond acceptors (Lipinski definition) is 6. The van der Waals surface area contributed by atoms with Crippen LogP contribution in [-0.4, -0.2) is 43.2 Å². The van der Waals surface area contributed by atoms with Crippen molar-refractivity contribution in [3.63, 3.8) is 0 Å². The highest BCUT2D eigenvalue weighted by molar-refractivity contribution is 5.76. The molecule has 0 amide bonds. The fourth-order valence-electron chi connectivity index (χ4n) is 4.00. The summed E-state index contributed by atoms with van der Waals surface area (Å²) in [6, 6.07) is 0. The summed E-state index contributed by atoms with van der Waals surface area (Å²) in [6.07, 6.45) is 1.05. The smallest absolute Gasteiger partial charge is 0.305 e. The number of aliphatic hydroxyl groups excluding tert-OH is 1. The van der Waals surface area contributed by atoms with Gasteiger partial charge in [0.05, 0.1) is 13.7 Å². The van der Waals surface area contributed by atoms with E-state index in [1.807, 2.05) is 0 Å². The van der Waals surface area contributed by atoms with Gasteiger partial charge in [0.2, 0.25) is 0 Å². The van der Waals surface area contributed by atoms with Gasteiger partial charge < -0.3 is 19.4 Å². The Balaban J connectivity index is 0.000000273. The molecule has 1 N–H and O–H groups in total. The van der Waals surface area contributed by atoms with Gasteiger partial charge in [-0.1, -0.05) is 27.7 Å². The molecule has 2 unspecified atom stereocenters. The maximum Gasteiger partial charge on any atom is 0.305 e. The molecule has 6 nitrogen and oxygen atoms in total. The maximum atomic E-state index is 11.1. The molecule has 2 rings (SSSR count). The fraction of sp³-hybridized carbons (Fsp3) is 0.850. The van der Waals surface area contributed by atoms with Crippen LogP contribution in [0.4, 0.5) is 0 Å². The second kappa shape index (κ2) is 8.51. The molecule has 6 heteroatoms. The van der Waals surface area contributed by atoms with Gasteiger partial charge in [0.25, 0.3) is 0 Å². The Labute approximate surface area is 156 Å². The van der Waals surface area contributed by atoms with Crippen molar-refractivity contribution in [3.8, 4) is 0 Å². The quantitative estimate of drug-likeness (QED) is 0.693. The Morgan fingerprint density at radius 3 is 1.77 bits per heavy atom. The largest absolute Gasteiger partial charge is 0.469 e. The van der Waals surface area contributed by atoms with E-state index in [0.29, 0.717) is 31.3 Å². The third-order valence-electron chi connectivity index (χ3n) is 6.36. The van der Waals surface area contributed by atoms with E-state index in [1.165, 1.54) is 14.0 Å². The van der Waals surface area contributed by atoms with Crippen molar-refractivity contribution in [2.45, 2.75) is 54.4 Å². The molecule has 0 aromatic heterocycles. The predicted octanol–water partition coefficient (Wildman–Crippen LogP) is 2.61. The van der Waals surface area contributed by atoms with E-state index in [1.54, 1.807) is 6.92 Å². The summed E-state index contributed by atoms with van der Waals surface area (Å²) in [5, 5.41) is 8.91. The van der Waals surface area contributed by atoms with Crippen LogP contribution < -0.4 is 0 Å². The van der Waals surface area contributed by atoms with Crippen LogP contribution in [0.25, 0.3) is 0 Å². The van der Waals surface area contributed by atoms with E-state index in [0.717, 1.165) is 0 Å². The van der Waals surface area contributed by atoms with Gasteiger partial charge >= 0.3 is 11.9 Å². The minimum atomic E-state index is -0.269. The first-order valence-corrected chi connectivity index (χ1v) is 9.20. The van der Waals surface area contributed by atoms with Crippen molar-refractivity contribution in [1.82, 2.24) is 0 Å². The maximum absolute atomic E-state index is 11.1. The van der Waals surface area contributed by atoms with Crippen LogP contribution in [0.5, 0.6) is 0 Å². The molecule has 0 aromatic carbocycles. The summed E-state index contributed by atoms with van der Waals surface area (Å²) in [7, 11) is 1.39. The summed E-state index contributed by atoms with van der Waals surface area (Å²) < 4.78 is 9.58. The van der Waals surface area contributed by atoms with Gasteiger partial charge in [-0.15, -0.1) is 0 Å². The van der Waals surface area contributed by atoms with Crippen molar-refractivity contribution in [1.29, 1.82) is 0 Å². The average Bonchev–Trinajstić information content (AvgIpc) is 3.25. The molecule has 0 heterocycles. The van der Waals surface area contributed by atoms with Crippen molar-refractivity contribution >= 4 is 17.7 Å². The summed E-state index contributed by atoms with van der Waals surface area (Å²) in [6.45, 7) is 12.0. The number of Topliss-reactive ketones (excluding diaryl/α,β-unsaturated/α-hetero) is 1. The molecule has 2 aliphatic rings. The van der Waals surface area contributed by atoms with E-state index in [4.69, 9.17) is 9.84 Å². The second-order valence-electron chi connectivity index (χ2n) is 8.74. The molecule has 150 valence electrons. The van der Waals surface area contributed by atoms with E-state index in [-0.39, 0.29) is 47.0 Å². The molecule has 0 aliphatic heterocycles. The van der Waals surface area contributed by atoms with Crippen LogP contribution in [-0.2, 0) is 23.9 Å². The zero-order valence-electron chi connectivity index (χ0n) is 17.1. The highest BCUT2D eigenvalue weighted by Crippen LogP contribution is 2.60. The number of carbonyl (C=O) groups is 3. The van der Waals surface area contributed by atoms with Crippen molar-refractivity contribution in [2.75, 3.05) is 20.3 Å². The molecule has 2 fully saturated rings. The summed E-state index contributed by atoms with van der Waals surface area (Å²) >= 11 is 0. The number of esters is 2. The van der Waals surface area contributed by atoms with Crippen LogP contribution >= 0.6 is 0 Å². The summed E-state index contributed by atoms with van der Waals surface area (Å²) in [4.78, 5) is 32.5. The first kappa shape index (κ1) is 22.6. The van der Waals surface area contributed by atoms with Crippen LogP contribution in [0, 0.1) is 34.5 Å². The normalized spacial score (nSPS) is 29.7. The fourth-order valence-corrected chi connectivity index (χ4v) is 4.00. The number of ketones is 1. The van der Waals surface area contributed by atoms with Gasteiger partial charge in [-0.3, -0.25) is 9.59 Å². The van der Waals surface area contributed by atoms with Gasteiger partial charge in [-0.05, 0) is 35.5 Å². The molecular weight excluding hydrogens is 336 g/mol. The van der Waals surface area contributed by atoms with Crippen LogP contribution in [0.3, 0.4) is 0 Å². The van der Waals surface area contributed by atoms with Gasteiger partial charge in [0.15, 0.2) is 0 Å². The SMILES string of the molecule is CC(=O)C[C@@H]1C(CO)C1(C)C.COC(=O)C[C@@H]1C(COC(C)=O)C1(C)C. The zero-order chi connectivity index (χ0) is 20.3. The lowest BCUT2D eigenvalue weighted by atomic mass is 10.1. The molecule has 0 bridgehead atoms. The molecule has 2 saturated carbocycles. The minimum absolute atomic E-state index is 0.0731. The zero-order valence-corrected chi connectivity index (χ0v) is 17.1. The van der Waals surface area contributed by atoms with Gasteiger partial charge in [-0.25, -0.2) is 0 Å². The van der Waals surface area contributed by atoms with E-state index < -0.39 is 0 Å². The van der Waals surface area contributed by atoms with Crippen molar-refractivity contribution in [2.24, 2.45) is 34.5 Å². The van der Waals surface area contributed by atoms with Gasteiger partial charge in [0, 0.05) is 32.3 Å².